The van der Waals surface area contributed by atoms with Crippen LogP contribution < -0.4 is 10.6 Å². The van der Waals surface area contributed by atoms with Crippen LogP contribution in [0.2, 0.25) is 5.02 Å². The molecule has 25 heavy (non-hydrogen) atoms. The SMILES string of the molecule is CCC(=O)N1CCC(NC(=NC)NCCc2c(F)cccc2Cl)C1.I. The Morgan fingerprint density at radius 3 is 2.88 bits per heavy atom. The lowest BCUT2D eigenvalue weighted by molar-refractivity contribution is -0.129. The van der Waals surface area contributed by atoms with Gasteiger partial charge in [-0.3, -0.25) is 9.79 Å². The number of nitrogens with one attached hydrogen (secondary N) is 2. The fourth-order valence-corrected chi connectivity index (χ4v) is 3.05. The number of benzene rings is 1. The van der Waals surface area contributed by atoms with Crippen LogP contribution in [0.1, 0.15) is 25.3 Å². The molecule has 0 radical (unpaired) electrons. The molecule has 140 valence electrons. The zero-order valence-electron chi connectivity index (χ0n) is 14.5. The summed E-state index contributed by atoms with van der Waals surface area (Å²) in [6.07, 6.45) is 1.89. The van der Waals surface area contributed by atoms with Crippen LogP contribution >= 0.6 is 35.6 Å². The molecule has 1 amide bonds. The molecule has 1 heterocycles. The normalized spacial score (nSPS) is 17.2. The van der Waals surface area contributed by atoms with E-state index >= 15 is 0 Å². The fraction of sp³-hybridized carbons (Fsp3) is 0.529. The van der Waals surface area contributed by atoms with Gasteiger partial charge in [0.15, 0.2) is 5.96 Å². The van der Waals surface area contributed by atoms with Crippen LogP contribution in [0.4, 0.5) is 4.39 Å². The van der Waals surface area contributed by atoms with Crippen molar-refractivity contribution >= 4 is 47.4 Å². The number of likely N-dealkylation sites (tertiary alicyclic amines) is 1. The first kappa shape index (κ1) is 22.0. The second-order valence-electron chi connectivity index (χ2n) is 5.77. The van der Waals surface area contributed by atoms with Crippen LogP contribution in [0.5, 0.6) is 0 Å². The molecule has 2 N–H and O–H groups in total. The Morgan fingerprint density at radius 1 is 1.48 bits per heavy atom. The first-order valence-corrected chi connectivity index (χ1v) is 8.60. The minimum absolute atomic E-state index is 0. The fourth-order valence-electron chi connectivity index (χ4n) is 2.79. The third-order valence-corrected chi connectivity index (χ3v) is 4.49. The maximum absolute atomic E-state index is 13.7. The van der Waals surface area contributed by atoms with E-state index in [-0.39, 0.29) is 41.7 Å². The highest BCUT2D eigenvalue weighted by Gasteiger charge is 2.25. The number of hydrogen-bond donors (Lipinski definition) is 2. The van der Waals surface area contributed by atoms with Crippen molar-refractivity contribution in [2.24, 2.45) is 4.99 Å². The standard InChI is InChI=1S/C17H24ClFN4O.HI/c1-3-16(24)23-10-8-12(11-23)22-17(20-2)21-9-7-13-14(18)5-4-6-15(13)19;/h4-6,12H,3,7-11H2,1-2H3,(H2,20,21,22);1H. The highest BCUT2D eigenvalue weighted by Crippen LogP contribution is 2.19. The van der Waals surface area contributed by atoms with E-state index in [0.717, 1.165) is 13.0 Å². The Labute approximate surface area is 170 Å². The number of nitrogens with zero attached hydrogens (tertiary/aromatic N) is 2. The summed E-state index contributed by atoms with van der Waals surface area (Å²) in [4.78, 5) is 17.8. The Hall–Kier alpha value is -1.09. The van der Waals surface area contributed by atoms with Gasteiger partial charge in [-0.05, 0) is 25.0 Å². The summed E-state index contributed by atoms with van der Waals surface area (Å²) in [6.45, 7) is 3.85. The van der Waals surface area contributed by atoms with Gasteiger partial charge in [0.25, 0.3) is 0 Å². The molecular formula is C17H25ClFIN4O. The average Bonchev–Trinajstić information content (AvgIpc) is 3.04. The van der Waals surface area contributed by atoms with Crippen LogP contribution in [0.3, 0.4) is 0 Å². The molecule has 0 spiro atoms. The Kier molecular flexibility index (Phi) is 9.48. The molecule has 1 saturated heterocycles. The van der Waals surface area contributed by atoms with Gasteiger partial charge in [0.05, 0.1) is 0 Å². The minimum atomic E-state index is -0.295. The molecular weight excluding hydrogens is 458 g/mol. The van der Waals surface area contributed by atoms with Crippen molar-refractivity contribution in [3.63, 3.8) is 0 Å². The second kappa shape index (κ2) is 10.8. The zero-order valence-corrected chi connectivity index (χ0v) is 17.6. The van der Waals surface area contributed by atoms with Gasteiger partial charge in [-0.15, -0.1) is 24.0 Å². The number of guanidine groups is 1. The van der Waals surface area contributed by atoms with Crippen molar-refractivity contribution in [1.29, 1.82) is 0 Å². The largest absolute Gasteiger partial charge is 0.356 e. The molecule has 1 aromatic rings. The number of carbonyl (C=O) groups is 1. The van der Waals surface area contributed by atoms with E-state index in [1.807, 2.05) is 11.8 Å². The van der Waals surface area contributed by atoms with Crippen LogP contribution in [0.15, 0.2) is 23.2 Å². The van der Waals surface area contributed by atoms with Crippen molar-refractivity contribution in [3.8, 4) is 0 Å². The van der Waals surface area contributed by atoms with Gasteiger partial charge in [-0.1, -0.05) is 24.6 Å². The van der Waals surface area contributed by atoms with Gasteiger partial charge in [-0.25, -0.2) is 4.39 Å². The van der Waals surface area contributed by atoms with Crippen LogP contribution in [0, 0.1) is 5.82 Å². The molecule has 1 atom stereocenters. The average molecular weight is 483 g/mol. The number of amides is 1. The lowest BCUT2D eigenvalue weighted by atomic mass is 10.1. The number of hydrogen-bond acceptors (Lipinski definition) is 2. The monoisotopic (exact) mass is 482 g/mol. The van der Waals surface area contributed by atoms with Crippen LogP contribution in [0.25, 0.3) is 0 Å². The number of carbonyl (C=O) groups excluding carboxylic acids is 1. The second-order valence-corrected chi connectivity index (χ2v) is 6.18. The Balaban J connectivity index is 0.00000312. The molecule has 1 aliphatic heterocycles. The van der Waals surface area contributed by atoms with Crippen molar-refractivity contribution in [2.45, 2.75) is 32.2 Å². The molecule has 0 bridgehead atoms. The number of halogens is 3. The Bertz CT molecular complexity index is 594. The number of rotatable bonds is 5. The maximum Gasteiger partial charge on any atom is 0.222 e. The predicted octanol–water partition coefficient (Wildman–Crippen LogP) is 2.82. The molecule has 1 aliphatic rings. The molecule has 1 unspecified atom stereocenters. The summed E-state index contributed by atoms with van der Waals surface area (Å²) < 4.78 is 13.7. The van der Waals surface area contributed by atoms with Gasteiger partial charge >= 0.3 is 0 Å². The molecule has 1 aromatic carbocycles. The van der Waals surface area contributed by atoms with Crippen LogP contribution in [-0.2, 0) is 11.2 Å². The smallest absolute Gasteiger partial charge is 0.222 e. The van der Waals surface area contributed by atoms with Gasteiger partial charge in [0.2, 0.25) is 5.91 Å². The maximum atomic E-state index is 13.7. The van der Waals surface area contributed by atoms with Crippen molar-refractivity contribution < 1.29 is 9.18 Å². The quantitative estimate of drug-likeness (QED) is 0.386. The molecule has 0 aromatic heterocycles. The summed E-state index contributed by atoms with van der Waals surface area (Å²) in [5, 5.41) is 6.91. The zero-order chi connectivity index (χ0) is 17.5. The van der Waals surface area contributed by atoms with Gasteiger partial charge in [-0.2, -0.15) is 0 Å². The molecule has 0 saturated carbocycles. The van der Waals surface area contributed by atoms with Gasteiger partial charge in [0.1, 0.15) is 5.82 Å². The minimum Gasteiger partial charge on any atom is -0.356 e. The molecule has 8 heteroatoms. The van der Waals surface area contributed by atoms with E-state index in [1.165, 1.54) is 6.07 Å². The molecule has 2 rings (SSSR count). The molecule has 5 nitrogen and oxygen atoms in total. The van der Waals surface area contributed by atoms with Gasteiger partial charge in [0, 0.05) is 49.7 Å². The lowest BCUT2D eigenvalue weighted by Crippen LogP contribution is -2.45. The molecule has 1 fully saturated rings. The van der Waals surface area contributed by atoms with E-state index in [4.69, 9.17) is 11.6 Å². The first-order valence-electron chi connectivity index (χ1n) is 8.23. The summed E-state index contributed by atoms with van der Waals surface area (Å²) >= 11 is 6.02. The third kappa shape index (κ3) is 6.29. The highest BCUT2D eigenvalue weighted by molar-refractivity contribution is 14.0. The first-order chi connectivity index (χ1) is 11.5. The highest BCUT2D eigenvalue weighted by atomic mass is 127. The van der Waals surface area contributed by atoms with Gasteiger partial charge < -0.3 is 15.5 Å². The van der Waals surface area contributed by atoms with E-state index in [9.17, 15) is 9.18 Å². The van der Waals surface area contributed by atoms with E-state index < -0.39 is 0 Å². The number of aliphatic imine (C=N–C) groups is 1. The van der Waals surface area contributed by atoms with E-state index in [0.29, 0.717) is 42.5 Å². The summed E-state index contributed by atoms with van der Waals surface area (Å²) in [6, 6.07) is 4.87. The van der Waals surface area contributed by atoms with Crippen molar-refractivity contribution in [2.75, 3.05) is 26.7 Å². The van der Waals surface area contributed by atoms with Crippen molar-refractivity contribution in [3.05, 3.63) is 34.6 Å². The Morgan fingerprint density at radius 2 is 2.24 bits per heavy atom. The van der Waals surface area contributed by atoms with E-state index in [2.05, 4.69) is 15.6 Å². The summed E-state index contributed by atoms with van der Waals surface area (Å²) in [5.74, 6) is 0.534. The van der Waals surface area contributed by atoms with E-state index in [1.54, 1.807) is 19.2 Å². The lowest BCUT2D eigenvalue weighted by Gasteiger charge is -2.19. The van der Waals surface area contributed by atoms with Crippen molar-refractivity contribution in [1.82, 2.24) is 15.5 Å². The third-order valence-electron chi connectivity index (χ3n) is 4.14. The topological polar surface area (TPSA) is 56.7 Å². The van der Waals surface area contributed by atoms with Crippen LogP contribution in [-0.4, -0.2) is 49.5 Å². The predicted molar refractivity (Wildman–Crippen MR) is 110 cm³/mol. The molecule has 0 aliphatic carbocycles. The summed E-state index contributed by atoms with van der Waals surface area (Å²) in [7, 11) is 1.69. The summed E-state index contributed by atoms with van der Waals surface area (Å²) in [5.41, 5.74) is 0.503.